The Morgan fingerprint density at radius 2 is 2.21 bits per heavy atom. The zero-order valence-corrected chi connectivity index (χ0v) is 15.1. The van der Waals surface area contributed by atoms with Gasteiger partial charge in [-0.05, 0) is 31.5 Å². The molecule has 1 saturated heterocycles. The van der Waals surface area contributed by atoms with Crippen LogP contribution in [0.1, 0.15) is 17.7 Å². The lowest BCUT2D eigenvalue weighted by atomic mass is 10.0. The van der Waals surface area contributed by atoms with Gasteiger partial charge in [0.05, 0.1) is 36.1 Å². The second-order valence-electron chi connectivity index (χ2n) is 6.31. The number of nitrogens with one attached hydrogen (secondary N) is 3. The minimum atomic E-state index is -1.19. The second kappa shape index (κ2) is 8.49. The van der Waals surface area contributed by atoms with Gasteiger partial charge in [0.1, 0.15) is 6.07 Å². The van der Waals surface area contributed by atoms with E-state index < -0.39 is 24.0 Å². The lowest BCUT2D eigenvalue weighted by molar-refractivity contribution is 0.0625. The van der Waals surface area contributed by atoms with E-state index in [0.717, 1.165) is 11.8 Å². The van der Waals surface area contributed by atoms with Crippen LogP contribution in [0.5, 0.6) is 0 Å². The summed E-state index contributed by atoms with van der Waals surface area (Å²) in [7, 11) is 0. The molecule has 0 spiro atoms. The van der Waals surface area contributed by atoms with Gasteiger partial charge < -0.3 is 25.8 Å². The van der Waals surface area contributed by atoms with Crippen molar-refractivity contribution < 1.29 is 19.0 Å². The number of nitrogens with zero attached hydrogens (tertiary/aromatic N) is 3. The van der Waals surface area contributed by atoms with Crippen LogP contribution in [0.4, 0.5) is 26.5 Å². The predicted molar refractivity (Wildman–Crippen MR) is 99.0 cm³/mol. The normalized spacial score (nSPS) is 18.8. The number of hydrogen-bond donors (Lipinski definition) is 4. The average Bonchev–Trinajstić information content (AvgIpc) is 2.67. The number of amides is 1. The molecule has 2 aromatic rings. The van der Waals surface area contributed by atoms with E-state index in [0.29, 0.717) is 18.7 Å². The number of carboxylic acid groups (broad SMARTS) is 1. The van der Waals surface area contributed by atoms with E-state index in [1.54, 1.807) is 18.3 Å². The van der Waals surface area contributed by atoms with Crippen molar-refractivity contribution in [2.45, 2.75) is 25.4 Å². The number of hydrogen-bond acceptors (Lipinski definition) is 7. The molecule has 1 aliphatic heterocycles. The zero-order chi connectivity index (χ0) is 20.1. The quantitative estimate of drug-likeness (QED) is 0.616. The number of rotatable bonds is 5. The third-order valence-electron chi connectivity index (χ3n) is 4.26. The van der Waals surface area contributed by atoms with E-state index in [9.17, 15) is 14.4 Å². The van der Waals surface area contributed by atoms with Gasteiger partial charge in [-0.25, -0.2) is 14.2 Å². The summed E-state index contributed by atoms with van der Waals surface area (Å²) in [6.45, 7) is 2.42. The first-order chi connectivity index (χ1) is 13.5. The van der Waals surface area contributed by atoms with Crippen LogP contribution in [0, 0.1) is 24.1 Å². The molecule has 4 N–H and O–H groups in total. The molecule has 28 heavy (non-hydrogen) atoms. The van der Waals surface area contributed by atoms with Gasteiger partial charge in [0.2, 0.25) is 0 Å². The van der Waals surface area contributed by atoms with E-state index >= 15 is 0 Å². The number of pyridine rings is 2. The standard InChI is InChI=1S/C18H19FN6O3/c1-10-2-3-12(8-21-10)22-16-11(7-20)6-13(19)17(25-16)23-14-4-5-28-9-15(14)24-18(26)27/h2-3,6,8,14-15,24H,4-5,9H2,1H3,(H,26,27)(H2,22,23,25)/t14-,15+/m1/s1. The molecule has 0 bridgehead atoms. The summed E-state index contributed by atoms with van der Waals surface area (Å²) in [5.74, 6) is -0.609. The molecule has 10 heteroatoms. The van der Waals surface area contributed by atoms with Crippen molar-refractivity contribution in [2.24, 2.45) is 0 Å². The van der Waals surface area contributed by atoms with E-state index in [2.05, 4.69) is 25.9 Å². The van der Waals surface area contributed by atoms with Crippen molar-refractivity contribution in [3.63, 3.8) is 0 Å². The van der Waals surface area contributed by atoms with Crippen LogP contribution in [0.3, 0.4) is 0 Å². The summed E-state index contributed by atoms with van der Waals surface area (Å²) >= 11 is 0. The number of ether oxygens (including phenoxy) is 1. The van der Waals surface area contributed by atoms with Crippen LogP contribution >= 0.6 is 0 Å². The van der Waals surface area contributed by atoms with Crippen molar-refractivity contribution in [2.75, 3.05) is 23.8 Å². The summed E-state index contributed by atoms with van der Waals surface area (Å²) in [5.41, 5.74) is 1.47. The Morgan fingerprint density at radius 1 is 1.39 bits per heavy atom. The van der Waals surface area contributed by atoms with Crippen LogP contribution in [0.25, 0.3) is 0 Å². The van der Waals surface area contributed by atoms with Crippen molar-refractivity contribution >= 4 is 23.4 Å². The number of aryl methyl sites for hydroxylation is 1. The minimum Gasteiger partial charge on any atom is -0.465 e. The fraction of sp³-hybridized carbons (Fsp3) is 0.333. The molecule has 2 aromatic heterocycles. The van der Waals surface area contributed by atoms with Gasteiger partial charge >= 0.3 is 6.09 Å². The molecule has 146 valence electrons. The molecule has 0 aromatic carbocycles. The highest BCUT2D eigenvalue weighted by molar-refractivity contribution is 5.66. The number of anilines is 3. The highest BCUT2D eigenvalue weighted by Gasteiger charge is 2.28. The minimum absolute atomic E-state index is 0.0378. The Bertz CT molecular complexity index is 899. The Labute approximate surface area is 160 Å². The summed E-state index contributed by atoms with van der Waals surface area (Å²) < 4.78 is 19.8. The molecule has 0 unspecified atom stereocenters. The Kier molecular flexibility index (Phi) is 5.86. The van der Waals surface area contributed by atoms with Crippen LogP contribution in [-0.2, 0) is 4.74 Å². The van der Waals surface area contributed by atoms with Crippen LogP contribution in [0.2, 0.25) is 0 Å². The van der Waals surface area contributed by atoms with Gasteiger partial charge in [-0.15, -0.1) is 0 Å². The Balaban J connectivity index is 1.85. The highest BCUT2D eigenvalue weighted by atomic mass is 19.1. The molecule has 0 radical (unpaired) electrons. The summed E-state index contributed by atoms with van der Waals surface area (Å²) in [6.07, 6.45) is 0.862. The number of carbonyl (C=O) groups is 1. The van der Waals surface area contributed by atoms with Crippen LogP contribution in [0.15, 0.2) is 24.4 Å². The smallest absolute Gasteiger partial charge is 0.405 e. The van der Waals surface area contributed by atoms with E-state index in [-0.39, 0.29) is 23.8 Å². The average molecular weight is 386 g/mol. The molecule has 3 heterocycles. The third kappa shape index (κ3) is 4.63. The molecule has 1 fully saturated rings. The van der Waals surface area contributed by atoms with Gasteiger partial charge in [-0.2, -0.15) is 5.26 Å². The van der Waals surface area contributed by atoms with Crippen molar-refractivity contribution in [3.8, 4) is 6.07 Å². The number of aromatic nitrogens is 2. The lowest BCUT2D eigenvalue weighted by Crippen LogP contribution is -2.52. The fourth-order valence-electron chi connectivity index (χ4n) is 2.84. The first-order valence-corrected chi connectivity index (χ1v) is 8.60. The molecule has 1 aliphatic rings. The first kappa shape index (κ1) is 19.3. The second-order valence-corrected chi connectivity index (χ2v) is 6.31. The largest absolute Gasteiger partial charge is 0.465 e. The van der Waals surface area contributed by atoms with Crippen molar-refractivity contribution in [3.05, 3.63) is 41.5 Å². The van der Waals surface area contributed by atoms with E-state index in [1.165, 1.54) is 0 Å². The van der Waals surface area contributed by atoms with Crippen LogP contribution < -0.4 is 16.0 Å². The van der Waals surface area contributed by atoms with Crippen molar-refractivity contribution in [1.29, 1.82) is 5.26 Å². The highest BCUT2D eigenvalue weighted by Crippen LogP contribution is 2.25. The van der Waals surface area contributed by atoms with Crippen LogP contribution in [-0.4, -0.2) is 46.5 Å². The summed E-state index contributed by atoms with van der Waals surface area (Å²) in [4.78, 5) is 19.3. The van der Waals surface area contributed by atoms with Gasteiger partial charge in [0.25, 0.3) is 0 Å². The molecular formula is C18H19FN6O3. The number of nitriles is 1. The molecule has 0 aliphatic carbocycles. The van der Waals surface area contributed by atoms with Gasteiger partial charge in [-0.1, -0.05) is 0 Å². The van der Waals surface area contributed by atoms with Gasteiger partial charge in [0, 0.05) is 12.3 Å². The van der Waals surface area contributed by atoms with Gasteiger partial charge in [-0.3, -0.25) is 4.98 Å². The maximum absolute atomic E-state index is 14.5. The molecule has 1 amide bonds. The molecule has 9 nitrogen and oxygen atoms in total. The topological polar surface area (TPSA) is 132 Å². The monoisotopic (exact) mass is 386 g/mol. The van der Waals surface area contributed by atoms with E-state index in [1.807, 2.05) is 13.0 Å². The Hall–Kier alpha value is -3.45. The SMILES string of the molecule is Cc1ccc(Nc2nc(N[C@@H]3CCOC[C@@H]3NC(=O)O)c(F)cc2C#N)cn1. The number of halogens is 1. The van der Waals surface area contributed by atoms with Gasteiger partial charge in [0.15, 0.2) is 17.5 Å². The molecular weight excluding hydrogens is 367 g/mol. The van der Waals surface area contributed by atoms with E-state index in [4.69, 9.17) is 9.84 Å². The maximum atomic E-state index is 14.5. The zero-order valence-electron chi connectivity index (χ0n) is 15.1. The Morgan fingerprint density at radius 3 is 2.89 bits per heavy atom. The fourth-order valence-corrected chi connectivity index (χ4v) is 2.84. The molecule has 2 atom stereocenters. The maximum Gasteiger partial charge on any atom is 0.405 e. The summed E-state index contributed by atoms with van der Waals surface area (Å²) in [6, 6.07) is 5.59. The molecule has 3 rings (SSSR count). The lowest BCUT2D eigenvalue weighted by Gasteiger charge is -2.32. The predicted octanol–water partition coefficient (Wildman–Crippen LogP) is 2.38. The third-order valence-corrected chi connectivity index (χ3v) is 4.26. The first-order valence-electron chi connectivity index (χ1n) is 8.60. The summed E-state index contributed by atoms with van der Waals surface area (Å²) in [5, 5.41) is 26.5. The van der Waals surface area contributed by atoms with Crippen molar-refractivity contribution in [1.82, 2.24) is 15.3 Å². The molecule has 0 saturated carbocycles.